The van der Waals surface area contributed by atoms with Gasteiger partial charge in [0.25, 0.3) is 0 Å². The van der Waals surface area contributed by atoms with Gasteiger partial charge in [-0.05, 0) is 30.2 Å². The summed E-state index contributed by atoms with van der Waals surface area (Å²) in [6.07, 6.45) is 0.863. The van der Waals surface area contributed by atoms with Crippen molar-refractivity contribution in [3.63, 3.8) is 0 Å². The van der Waals surface area contributed by atoms with Crippen molar-refractivity contribution in [3.8, 4) is 0 Å². The minimum absolute atomic E-state index is 0.215. The molecule has 98 valence electrons. The van der Waals surface area contributed by atoms with Crippen molar-refractivity contribution in [2.45, 2.75) is 25.4 Å². The third-order valence-electron chi connectivity index (χ3n) is 3.55. The fraction of sp³-hybridized carbons (Fsp3) is 0.308. The number of rotatable bonds is 1. The topological polar surface area (TPSA) is 75.4 Å². The summed E-state index contributed by atoms with van der Waals surface area (Å²) in [5.74, 6) is -0.479. The molecule has 2 aliphatic rings. The van der Waals surface area contributed by atoms with Crippen LogP contribution in [0.2, 0.25) is 0 Å². The molecule has 1 aromatic carbocycles. The van der Waals surface area contributed by atoms with Crippen LogP contribution in [-0.2, 0) is 16.1 Å². The number of nitrogens with two attached hydrogens (primary N) is 1. The molecule has 1 fully saturated rings. The number of nitrogen functional groups attached to an aromatic ring is 1. The number of carbonyl (C=O) groups is 2. The van der Waals surface area contributed by atoms with E-state index in [4.69, 9.17) is 18.0 Å². The van der Waals surface area contributed by atoms with Crippen molar-refractivity contribution < 1.29 is 9.59 Å². The number of carbonyl (C=O) groups excluding carboxylic acids is 2. The molecule has 3 N–H and O–H groups in total. The molecule has 5 nitrogen and oxygen atoms in total. The lowest BCUT2D eigenvalue weighted by molar-refractivity contribution is -0.136. The van der Waals surface area contributed by atoms with Gasteiger partial charge in [0.05, 0.1) is 0 Å². The summed E-state index contributed by atoms with van der Waals surface area (Å²) in [5, 5.41) is 2.36. The first-order valence-corrected chi connectivity index (χ1v) is 6.50. The molecule has 1 unspecified atom stereocenters. The second-order valence-electron chi connectivity index (χ2n) is 4.82. The molecule has 2 amide bonds. The van der Waals surface area contributed by atoms with E-state index < -0.39 is 0 Å². The second-order valence-corrected chi connectivity index (χ2v) is 5.20. The van der Waals surface area contributed by atoms with E-state index in [0.717, 1.165) is 11.1 Å². The Kier molecular flexibility index (Phi) is 2.74. The van der Waals surface area contributed by atoms with Gasteiger partial charge in [0.2, 0.25) is 11.8 Å². The minimum Gasteiger partial charge on any atom is -0.399 e. The summed E-state index contributed by atoms with van der Waals surface area (Å²) >= 11 is 5.42. The summed E-state index contributed by atoms with van der Waals surface area (Å²) in [6.45, 7) is 0.575. The highest BCUT2D eigenvalue weighted by Crippen LogP contribution is 2.29. The van der Waals surface area contributed by atoms with Crippen molar-refractivity contribution in [2.24, 2.45) is 0 Å². The van der Waals surface area contributed by atoms with E-state index in [9.17, 15) is 9.59 Å². The largest absolute Gasteiger partial charge is 0.399 e. The summed E-state index contributed by atoms with van der Waals surface area (Å²) < 4.78 is 0. The lowest BCUT2D eigenvalue weighted by Gasteiger charge is -2.30. The fourth-order valence-corrected chi connectivity index (χ4v) is 2.99. The van der Waals surface area contributed by atoms with Crippen LogP contribution < -0.4 is 11.1 Å². The standard InChI is InChI=1S/C13H13N3O2S/c14-8-1-2-9-7(5-8)6-16(13(9)19)10-3-4-11(17)15-12(10)18/h1-2,5,10H,3-4,6,14H2,(H,15,17,18). The first-order chi connectivity index (χ1) is 9.06. The third-order valence-corrected chi connectivity index (χ3v) is 4.00. The van der Waals surface area contributed by atoms with Gasteiger partial charge in [-0.2, -0.15) is 0 Å². The third kappa shape index (κ3) is 1.98. The predicted octanol–water partition coefficient (Wildman–Crippen LogP) is 0.565. The Morgan fingerprint density at radius 3 is 2.89 bits per heavy atom. The van der Waals surface area contributed by atoms with Crippen LogP contribution in [0.15, 0.2) is 18.2 Å². The molecule has 1 aromatic rings. The Morgan fingerprint density at radius 2 is 2.16 bits per heavy atom. The van der Waals surface area contributed by atoms with Gasteiger partial charge < -0.3 is 10.6 Å². The van der Waals surface area contributed by atoms with E-state index in [1.54, 1.807) is 6.07 Å². The molecule has 1 atom stereocenters. The lowest BCUT2D eigenvalue weighted by Crippen LogP contribution is -2.52. The molecule has 3 rings (SSSR count). The number of hydrogen-bond acceptors (Lipinski definition) is 4. The van der Waals surface area contributed by atoms with E-state index in [0.29, 0.717) is 30.1 Å². The molecular weight excluding hydrogens is 262 g/mol. The maximum absolute atomic E-state index is 11.9. The van der Waals surface area contributed by atoms with E-state index in [2.05, 4.69) is 5.32 Å². The summed E-state index contributed by atoms with van der Waals surface area (Å²) in [7, 11) is 0. The Bertz CT molecular complexity index is 600. The molecule has 19 heavy (non-hydrogen) atoms. The number of fused-ring (bicyclic) bond motifs is 1. The van der Waals surface area contributed by atoms with Crippen LogP contribution >= 0.6 is 12.2 Å². The number of nitrogens with zero attached hydrogens (tertiary/aromatic N) is 1. The Morgan fingerprint density at radius 1 is 1.37 bits per heavy atom. The van der Waals surface area contributed by atoms with Gasteiger partial charge in [0, 0.05) is 24.2 Å². The quantitative estimate of drug-likeness (QED) is 0.445. The van der Waals surface area contributed by atoms with Crippen molar-refractivity contribution in [1.29, 1.82) is 0 Å². The smallest absolute Gasteiger partial charge is 0.249 e. The van der Waals surface area contributed by atoms with E-state index in [-0.39, 0.29) is 17.9 Å². The van der Waals surface area contributed by atoms with Crippen molar-refractivity contribution >= 4 is 34.7 Å². The SMILES string of the molecule is Nc1ccc2c(c1)CN(C1CCC(=O)NC1=O)C2=S. The van der Waals surface area contributed by atoms with Crippen LogP contribution in [0.25, 0.3) is 0 Å². The second kappa shape index (κ2) is 4.31. The molecule has 0 bridgehead atoms. The molecule has 0 spiro atoms. The van der Waals surface area contributed by atoms with Crippen LogP contribution in [0, 0.1) is 0 Å². The maximum Gasteiger partial charge on any atom is 0.249 e. The number of anilines is 1. The summed E-state index contributed by atoms with van der Waals surface area (Å²) in [6, 6.07) is 5.21. The molecule has 0 radical (unpaired) electrons. The zero-order valence-electron chi connectivity index (χ0n) is 10.2. The average molecular weight is 275 g/mol. The number of nitrogens with one attached hydrogen (secondary N) is 1. The normalized spacial score (nSPS) is 22.4. The highest BCUT2D eigenvalue weighted by Gasteiger charge is 2.36. The number of benzene rings is 1. The number of imide groups is 1. The van der Waals surface area contributed by atoms with Gasteiger partial charge in [0.15, 0.2) is 0 Å². The zero-order valence-corrected chi connectivity index (χ0v) is 11.0. The van der Waals surface area contributed by atoms with Gasteiger partial charge in [-0.25, -0.2) is 0 Å². The number of piperidine rings is 1. The number of hydrogen-bond donors (Lipinski definition) is 2. The van der Waals surface area contributed by atoms with Gasteiger partial charge >= 0.3 is 0 Å². The predicted molar refractivity (Wildman–Crippen MR) is 74.3 cm³/mol. The van der Waals surface area contributed by atoms with Crippen LogP contribution in [-0.4, -0.2) is 27.7 Å². The monoisotopic (exact) mass is 275 g/mol. The maximum atomic E-state index is 11.9. The molecule has 0 saturated carbocycles. The fourth-order valence-electron chi connectivity index (χ4n) is 2.59. The Balaban J connectivity index is 1.87. The van der Waals surface area contributed by atoms with Crippen LogP contribution in [0.4, 0.5) is 5.69 Å². The highest BCUT2D eigenvalue weighted by atomic mass is 32.1. The van der Waals surface area contributed by atoms with Crippen molar-refractivity contribution in [3.05, 3.63) is 29.3 Å². The minimum atomic E-state index is -0.362. The number of thiocarbonyl (C=S) groups is 1. The van der Waals surface area contributed by atoms with Crippen LogP contribution in [0.5, 0.6) is 0 Å². The molecule has 0 aliphatic carbocycles. The molecular formula is C13H13N3O2S. The lowest BCUT2D eigenvalue weighted by atomic mass is 10.0. The first kappa shape index (κ1) is 12.1. The molecule has 6 heteroatoms. The van der Waals surface area contributed by atoms with E-state index in [1.807, 2.05) is 17.0 Å². The summed E-state index contributed by atoms with van der Waals surface area (Å²) in [4.78, 5) is 25.6. The first-order valence-electron chi connectivity index (χ1n) is 6.09. The van der Waals surface area contributed by atoms with Crippen LogP contribution in [0.1, 0.15) is 24.0 Å². The van der Waals surface area contributed by atoms with E-state index in [1.165, 1.54) is 0 Å². The van der Waals surface area contributed by atoms with Gasteiger partial charge in [0.1, 0.15) is 11.0 Å². The molecule has 2 heterocycles. The van der Waals surface area contributed by atoms with Crippen molar-refractivity contribution in [1.82, 2.24) is 10.2 Å². The zero-order chi connectivity index (χ0) is 13.6. The van der Waals surface area contributed by atoms with Gasteiger partial charge in [-0.1, -0.05) is 12.2 Å². The summed E-state index contributed by atoms with van der Waals surface area (Å²) in [5.41, 5.74) is 8.44. The highest BCUT2D eigenvalue weighted by molar-refractivity contribution is 7.80. The van der Waals surface area contributed by atoms with Crippen LogP contribution in [0.3, 0.4) is 0 Å². The van der Waals surface area contributed by atoms with Gasteiger partial charge in [-0.3, -0.25) is 14.9 Å². The number of amides is 2. The Hall–Kier alpha value is -1.95. The molecule has 1 saturated heterocycles. The average Bonchev–Trinajstić information content (AvgIpc) is 2.66. The van der Waals surface area contributed by atoms with E-state index >= 15 is 0 Å². The Labute approximate surface area is 115 Å². The molecule has 2 aliphatic heterocycles. The van der Waals surface area contributed by atoms with Crippen molar-refractivity contribution in [2.75, 3.05) is 5.73 Å². The van der Waals surface area contributed by atoms with Gasteiger partial charge in [-0.15, -0.1) is 0 Å². The molecule has 0 aromatic heterocycles.